The molecule has 1 aromatic carbocycles. The number of hydrogen-bond acceptors (Lipinski definition) is 1. The lowest BCUT2D eigenvalue weighted by molar-refractivity contribution is 1.13. The number of benzene rings is 1. The molecule has 0 heterocycles. The van der Waals surface area contributed by atoms with Crippen molar-refractivity contribution in [1.29, 1.82) is 0 Å². The zero-order valence-electron chi connectivity index (χ0n) is 6.06. The molecule has 1 radical (unpaired) electrons. The molecule has 0 aliphatic carbocycles. The van der Waals surface area contributed by atoms with Crippen molar-refractivity contribution >= 4 is 21.6 Å². The van der Waals surface area contributed by atoms with Crippen molar-refractivity contribution in [1.82, 2.24) is 0 Å². The van der Waals surface area contributed by atoms with Gasteiger partial charge in [0.15, 0.2) is 0 Å². The van der Waals surface area contributed by atoms with E-state index in [-0.39, 0.29) is 0 Å². The van der Waals surface area contributed by atoms with Gasteiger partial charge in [0.2, 0.25) is 0 Å². The van der Waals surface area contributed by atoms with Crippen LogP contribution in [-0.4, -0.2) is 14.1 Å². The standard InChI is InChI=1S/C8H9BrN/c1-10(2)8-5-3-7(9)4-6-8/h3-5H,1-2H3. The fourth-order valence-electron chi connectivity index (χ4n) is 0.676. The van der Waals surface area contributed by atoms with Gasteiger partial charge in [-0.05, 0) is 18.2 Å². The summed E-state index contributed by atoms with van der Waals surface area (Å²) in [5.74, 6) is 0. The van der Waals surface area contributed by atoms with Gasteiger partial charge in [-0.1, -0.05) is 15.9 Å². The lowest BCUT2D eigenvalue weighted by Gasteiger charge is -2.10. The van der Waals surface area contributed by atoms with Crippen molar-refractivity contribution in [3.63, 3.8) is 0 Å². The Hall–Kier alpha value is -0.500. The Morgan fingerprint density at radius 3 is 2.50 bits per heavy atom. The molecule has 10 heavy (non-hydrogen) atoms. The Morgan fingerprint density at radius 1 is 1.40 bits per heavy atom. The van der Waals surface area contributed by atoms with Crippen LogP contribution in [0.5, 0.6) is 0 Å². The number of halogens is 1. The minimum Gasteiger partial charge on any atom is -0.377 e. The Balaban J connectivity index is 2.89. The smallest absolute Gasteiger partial charge is 0.0442 e. The molecule has 0 saturated carbocycles. The van der Waals surface area contributed by atoms with Crippen LogP contribution in [0.25, 0.3) is 0 Å². The van der Waals surface area contributed by atoms with E-state index in [1.165, 1.54) is 0 Å². The van der Waals surface area contributed by atoms with Crippen molar-refractivity contribution in [3.8, 4) is 0 Å². The van der Waals surface area contributed by atoms with Crippen LogP contribution >= 0.6 is 15.9 Å². The lowest BCUT2D eigenvalue weighted by atomic mass is 10.3. The van der Waals surface area contributed by atoms with E-state index in [1.807, 2.05) is 37.2 Å². The van der Waals surface area contributed by atoms with E-state index in [9.17, 15) is 0 Å². The molecule has 0 spiro atoms. The SMILES string of the molecule is CN(C)c1[c]cc(Br)cc1. The molecule has 0 bridgehead atoms. The van der Waals surface area contributed by atoms with E-state index in [4.69, 9.17) is 0 Å². The van der Waals surface area contributed by atoms with Gasteiger partial charge in [-0.3, -0.25) is 0 Å². The molecule has 0 atom stereocenters. The molecule has 0 fully saturated rings. The highest BCUT2D eigenvalue weighted by Gasteiger charge is 1.92. The largest absolute Gasteiger partial charge is 0.377 e. The monoisotopic (exact) mass is 198 g/mol. The lowest BCUT2D eigenvalue weighted by Crippen LogP contribution is -2.07. The maximum absolute atomic E-state index is 3.34. The normalized spacial score (nSPS) is 9.50. The van der Waals surface area contributed by atoms with Crippen molar-refractivity contribution in [2.75, 3.05) is 19.0 Å². The van der Waals surface area contributed by atoms with Gasteiger partial charge >= 0.3 is 0 Å². The molecule has 0 aliphatic rings. The number of anilines is 1. The predicted molar refractivity (Wildman–Crippen MR) is 47.3 cm³/mol. The summed E-state index contributed by atoms with van der Waals surface area (Å²) in [6.07, 6.45) is 0. The molecule has 0 aromatic heterocycles. The van der Waals surface area contributed by atoms with Crippen LogP contribution in [0.2, 0.25) is 0 Å². The fourth-order valence-corrected chi connectivity index (χ4v) is 0.922. The molecule has 1 nitrogen and oxygen atoms in total. The molecular formula is C8H9BrN. The zero-order chi connectivity index (χ0) is 7.56. The van der Waals surface area contributed by atoms with Gasteiger partial charge < -0.3 is 4.90 Å². The summed E-state index contributed by atoms with van der Waals surface area (Å²) in [6.45, 7) is 0. The van der Waals surface area contributed by atoms with Crippen LogP contribution in [0.15, 0.2) is 22.7 Å². The third-order valence-corrected chi connectivity index (χ3v) is 1.73. The Bertz CT molecular complexity index is 203. The highest BCUT2D eigenvalue weighted by molar-refractivity contribution is 9.10. The minimum atomic E-state index is 1.07. The first-order valence-corrected chi connectivity index (χ1v) is 3.84. The third kappa shape index (κ3) is 1.74. The van der Waals surface area contributed by atoms with Crippen molar-refractivity contribution in [2.45, 2.75) is 0 Å². The summed E-state index contributed by atoms with van der Waals surface area (Å²) in [4.78, 5) is 2.02. The van der Waals surface area contributed by atoms with Crippen LogP contribution in [0.4, 0.5) is 5.69 Å². The summed E-state index contributed by atoms with van der Waals surface area (Å²) in [6, 6.07) is 9.05. The van der Waals surface area contributed by atoms with Gasteiger partial charge in [-0.15, -0.1) is 0 Å². The quantitative estimate of drug-likeness (QED) is 0.670. The zero-order valence-corrected chi connectivity index (χ0v) is 7.64. The van der Waals surface area contributed by atoms with Crippen molar-refractivity contribution in [3.05, 3.63) is 28.7 Å². The second-order valence-corrected chi connectivity index (χ2v) is 3.20. The first kappa shape index (κ1) is 7.61. The Labute approximate surface area is 69.8 Å². The summed E-state index contributed by atoms with van der Waals surface area (Å²) < 4.78 is 1.07. The van der Waals surface area contributed by atoms with Crippen LogP contribution in [0, 0.1) is 6.07 Å². The summed E-state index contributed by atoms with van der Waals surface area (Å²) in [5.41, 5.74) is 1.10. The topological polar surface area (TPSA) is 3.24 Å². The molecule has 53 valence electrons. The highest BCUT2D eigenvalue weighted by atomic mass is 79.9. The molecule has 0 amide bonds. The average Bonchev–Trinajstić information content (AvgIpc) is 1.88. The van der Waals surface area contributed by atoms with Gasteiger partial charge in [-0.25, -0.2) is 0 Å². The van der Waals surface area contributed by atoms with Crippen LogP contribution in [-0.2, 0) is 0 Å². The van der Waals surface area contributed by atoms with E-state index >= 15 is 0 Å². The number of rotatable bonds is 1. The Morgan fingerprint density at radius 2 is 2.10 bits per heavy atom. The van der Waals surface area contributed by atoms with Crippen molar-refractivity contribution < 1.29 is 0 Å². The predicted octanol–water partition coefficient (Wildman–Crippen LogP) is 2.32. The Kier molecular flexibility index (Phi) is 2.33. The second kappa shape index (κ2) is 3.06. The van der Waals surface area contributed by atoms with Gasteiger partial charge in [0, 0.05) is 30.3 Å². The van der Waals surface area contributed by atoms with Gasteiger partial charge in [0.25, 0.3) is 0 Å². The van der Waals surface area contributed by atoms with Crippen molar-refractivity contribution in [2.24, 2.45) is 0 Å². The maximum Gasteiger partial charge on any atom is 0.0442 e. The number of hydrogen-bond donors (Lipinski definition) is 0. The molecule has 0 saturated heterocycles. The van der Waals surface area contributed by atoms with E-state index < -0.39 is 0 Å². The van der Waals surface area contributed by atoms with E-state index in [1.54, 1.807) is 0 Å². The first-order valence-electron chi connectivity index (χ1n) is 3.05. The van der Waals surface area contributed by atoms with Gasteiger partial charge in [0.05, 0.1) is 0 Å². The summed E-state index contributed by atoms with van der Waals surface area (Å²) >= 11 is 3.34. The first-order chi connectivity index (χ1) is 4.70. The van der Waals surface area contributed by atoms with Crippen LogP contribution < -0.4 is 4.90 Å². The van der Waals surface area contributed by atoms with E-state index in [0.717, 1.165) is 10.2 Å². The van der Waals surface area contributed by atoms with Crippen LogP contribution in [0.3, 0.4) is 0 Å². The van der Waals surface area contributed by atoms with Gasteiger partial charge in [0.1, 0.15) is 0 Å². The van der Waals surface area contributed by atoms with E-state index in [2.05, 4.69) is 22.0 Å². The van der Waals surface area contributed by atoms with E-state index in [0.29, 0.717) is 0 Å². The highest BCUT2D eigenvalue weighted by Crippen LogP contribution is 2.14. The second-order valence-electron chi connectivity index (χ2n) is 2.29. The number of nitrogens with zero attached hydrogens (tertiary/aromatic N) is 1. The van der Waals surface area contributed by atoms with Crippen LogP contribution in [0.1, 0.15) is 0 Å². The van der Waals surface area contributed by atoms with Gasteiger partial charge in [-0.2, -0.15) is 0 Å². The minimum absolute atomic E-state index is 1.07. The molecule has 0 unspecified atom stereocenters. The molecule has 1 aromatic rings. The maximum atomic E-state index is 3.34. The summed E-state index contributed by atoms with van der Waals surface area (Å²) in [7, 11) is 4.00. The molecule has 1 rings (SSSR count). The summed E-state index contributed by atoms with van der Waals surface area (Å²) in [5, 5.41) is 0. The average molecular weight is 199 g/mol. The molecule has 0 aliphatic heterocycles. The third-order valence-electron chi connectivity index (χ3n) is 1.24. The fraction of sp³-hybridized carbons (Fsp3) is 0.250. The molecule has 0 N–H and O–H groups in total. The molecule has 2 heteroatoms. The molecular weight excluding hydrogens is 190 g/mol.